The lowest BCUT2D eigenvalue weighted by Crippen LogP contribution is -2.29. The third kappa shape index (κ3) is 29.7. The second-order valence-electron chi connectivity index (χ2n) is 31.1. The molecule has 0 aromatic carbocycles. The summed E-state index contributed by atoms with van der Waals surface area (Å²) in [5, 5.41) is 0. The summed E-state index contributed by atoms with van der Waals surface area (Å²) in [6.07, 6.45) is 69.9. The summed E-state index contributed by atoms with van der Waals surface area (Å²) in [6.45, 7) is 14.7. The quantitative estimate of drug-likeness (QED) is 0.183. The van der Waals surface area contributed by atoms with E-state index < -0.39 is 0 Å². The van der Waals surface area contributed by atoms with Crippen LogP contribution in [0.25, 0.3) is 0 Å². The van der Waals surface area contributed by atoms with Crippen LogP contribution in [-0.4, -0.2) is 0 Å². The number of hydrogen-bond donors (Lipinski definition) is 0. The average Bonchev–Trinajstić information content (AvgIpc) is 3.39. The Hall–Kier alpha value is 0. The molecule has 0 amide bonds. The summed E-state index contributed by atoms with van der Waals surface area (Å²) in [5.74, 6) is 21.5. The fraction of sp³-hybridized carbons (Fsp3) is 1.00. The fourth-order valence-electron chi connectivity index (χ4n) is 19.3. The summed E-state index contributed by atoms with van der Waals surface area (Å²) in [7, 11) is 0. The Morgan fingerprint density at radius 3 is 0.346 bits per heavy atom. The summed E-state index contributed by atoms with van der Waals surface area (Å²) in [4.78, 5) is 0. The molecule has 10 fully saturated rings. The van der Waals surface area contributed by atoms with E-state index in [1.54, 1.807) is 212 Å². The summed E-state index contributed by atoms with van der Waals surface area (Å²) >= 11 is 0. The zero-order chi connectivity index (χ0) is 49.4. The van der Waals surface area contributed by atoms with Crippen LogP contribution in [0.2, 0.25) is 0 Å². The van der Waals surface area contributed by atoms with Crippen molar-refractivity contribution >= 4 is 0 Å². The van der Waals surface area contributed by atoms with E-state index in [-0.39, 0.29) is 74.3 Å². The van der Waals surface area contributed by atoms with Crippen LogP contribution in [-0.2, 0) is 0 Å². The lowest BCUT2D eigenvalue weighted by Gasteiger charge is -2.41. The highest BCUT2D eigenvalue weighted by Crippen LogP contribution is 2.48. The van der Waals surface area contributed by atoms with E-state index in [1.165, 1.54) is 77.0 Å². The molecule has 0 aromatic rings. The summed E-state index contributed by atoms with van der Waals surface area (Å²) < 4.78 is 0. The Morgan fingerprint density at radius 2 is 0.222 bits per heavy atom. The molecule has 81 heavy (non-hydrogen) atoms. The Kier molecular flexibility index (Phi) is 47.6. The first kappa shape index (κ1) is 85.2. The van der Waals surface area contributed by atoms with Crippen LogP contribution in [0.4, 0.5) is 0 Å². The molecule has 0 aromatic heterocycles. The third-order valence-electron chi connectivity index (χ3n) is 25.0. The Morgan fingerprint density at radius 1 is 0.136 bits per heavy atom. The van der Waals surface area contributed by atoms with E-state index in [2.05, 4.69) is 41.5 Å². The van der Waals surface area contributed by atoms with Gasteiger partial charge in [-0.25, -0.2) is 0 Å². The van der Waals surface area contributed by atoms with Gasteiger partial charge in [0.05, 0.1) is 0 Å². The smallest absolute Gasteiger partial charge is 0.0386 e. The van der Waals surface area contributed by atoms with Crippen LogP contribution in [0.15, 0.2) is 0 Å². The summed E-state index contributed by atoms with van der Waals surface area (Å²) in [6, 6.07) is 0. The van der Waals surface area contributed by atoms with Gasteiger partial charge in [-0.2, -0.15) is 0 Å². The molecule has 0 saturated heterocycles. The lowest BCUT2D eigenvalue weighted by molar-refractivity contribution is 0.108. The molecule has 0 N–H and O–H groups in total. The van der Waals surface area contributed by atoms with E-state index >= 15 is 0 Å². The van der Waals surface area contributed by atoms with Gasteiger partial charge in [-0.15, -0.1) is 0 Å². The van der Waals surface area contributed by atoms with Gasteiger partial charge in [-0.1, -0.05) is 321 Å². The molecule has 10 aliphatic carbocycles. The van der Waals surface area contributed by atoms with Crippen LogP contribution in [0, 0.1) is 118 Å². The Balaban J connectivity index is -0.00000108. The maximum Gasteiger partial charge on any atom is -0.0386 e. The molecule has 0 aliphatic heterocycles. The van der Waals surface area contributed by atoms with Gasteiger partial charge in [0.15, 0.2) is 0 Å². The topological polar surface area (TPSA) is 0 Å². The van der Waals surface area contributed by atoms with Crippen molar-refractivity contribution < 1.29 is 0 Å². The van der Waals surface area contributed by atoms with Gasteiger partial charge < -0.3 is 0 Å². The Labute approximate surface area is 520 Å². The van der Waals surface area contributed by atoms with Crippen molar-refractivity contribution in [1.82, 2.24) is 0 Å². The molecule has 10 aliphatic rings. The molecule has 492 valence electrons. The van der Waals surface area contributed by atoms with Gasteiger partial charge in [-0.3, -0.25) is 0 Å². The van der Waals surface area contributed by atoms with Gasteiger partial charge in [-0.05, 0) is 202 Å². The second kappa shape index (κ2) is 45.3. The zero-order valence-electron chi connectivity index (χ0n) is 49.4. The molecule has 0 radical (unpaired) electrons. The van der Waals surface area contributed by atoms with E-state index in [0.29, 0.717) is 0 Å². The van der Waals surface area contributed by atoms with E-state index in [0.717, 1.165) is 118 Å². The minimum Gasteiger partial charge on any atom is -0.0776 e. The molecule has 10 rings (SSSR count). The van der Waals surface area contributed by atoms with E-state index in [4.69, 9.17) is 0 Å². The highest BCUT2D eigenvalue weighted by Gasteiger charge is 2.35. The first-order valence-electron chi connectivity index (χ1n) is 34.5. The molecular weight excluding hydrogens is 973 g/mol. The molecule has 0 atom stereocenters. The molecule has 0 heteroatoms. The predicted octanol–water partition coefficient (Wildman–Crippen LogP) is 29.5. The standard InChI is InChI=1S/C29H52.C22H40.C20H36.10CH4/c1-22-3-7-24(8-4-22)19-26-11-15-28(16-12-26)21-29-17-13-27(14-18-29)20-25-9-5-23(2)6-10-25;1-17-3-7-19(8-4-17)15-21-11-13-22(14-12-21)16-20-9-5-18(2)6-10-20;1-15-3-7-17(8-4-15)19-11-13-20(14-12-19)18-9-5-16(2)6-10-18;;;;;;;;;;/h22-29H,3-21H2,1-2H3;17-22H,3-16H2,1-2H3;15-20H,3-14H2,1-2H3;10*1H4. The van der Waals surface area contributed by atoms with Gasteiger partial charge in [0.1, 0.15) is 0 Å². The van der Waals surface area contributed by atoms with Crippen LogP contribution in [0.5, 0.6) is 0 Å². The monoisotopic (exact) mass is 1140 g/mol. The minimum absolute atomic E-state index is 0. The number of rotatable bonds is 12. The molecular formula is C81H168. The molecule has 0 unspecified atom stereocenters. The van der Waals surface area contributed by atoms with E-state index in [9.17, 15) is 0 Å². The first-order chi connectivity index (χ1) is 34.5. The van der Waals surface area contributed by atoms with Crippen molar-refractivity contribution in [3.05, 3.63) is 0 Å². The van der Waals surface area contributed by atoms with Gasteiger partial charge >= 0.3 is 0 Å². The molecule has 0 nitrogen and oxygen atoms in total. The normalized spacial score (nSPS) is 39.5. The lowest BCUT2D eigenvalue weighted by atomic mass is 9.65. The average molecular weight is 1140 g/mol. The third-order valence-corrected chi connectivity index (χ3v) is 25.0. The fourth-order valence-corrected chi connectivity index (χ4v) is 19.3. The summed E-state index contributed by atoms with van der Waals surface area (Å²) in [5.41, 5.74) is 0. The SMILES string of the molecule is C.C.C.C.C.C.C.C.C.C.CC1CCC(C2CCC(C3CCC(C)CC3)CC2)CC1.CC1CCC(CC2CCC(CC3CCC(C)CC3)CC2)CC1.CC1CCC(CC2CCC(CC3CCC(CC4CCC(C)CC4)CC3)CC2)CC1. The van der Waals surface area contributed by atoms with Crippen molar-refractivity contribution in [3.8, 4) is 0 Å². The van der Waals surface area contributed by atoms with Crippen LogP contribution in [0.1, 0.15) is 405 Å². The molecule has 0 bridgehead atoms. The Bertz CT molecular complexity index is 1230. The molecule has 10 saturated carbocycles. The maximum absolute atomic E-state index is 2.46. The van der Waals surface area contributed by atoms with Crippen molar-refractivity contribution in [1.29, 1.82) is 0 Å². The van der Waals surface area contributed by atoms with Crippen LogP contribution >= 0.6 is 0 Å². The van der Waals surface area contributed by atoms with Gasteiger partial charge in [0.25, 0.3) is 0 Å². The van der Waals surface area contributed by atoms with Gasteiger partial charge in [0, 0.05) is 0 Å². The minimum atomic E-state index is 0. The van der Waals surface area contributed by atoms with Crippen LogP contribution < -0.4 is 0 Å². The zero-order valence-corrected chi connectivity index (χ0v) is 49.4. The highest BCUT2D eigenvalue weighted by molar-refractivity contribution is 4.87. The highest BCUT2D eigenvalue weighted by atomic mass is 14.4. The van der Waals surface area contributed by atoms with Crippen molar-refractivity contribution in [3.63, 3.8) is 0 Å². The van der Waals surface area contributed by atoms with Crippen molar-refractivity contribution in [2.75, 3.05) is 0 Å². The second-order valence-corrected chi connectivity index (χ2v) is 31.1. The van der Waals surface area contributed by atoms with Crippen molar-refractivity contribution in [2.24, 2.45) is 118 Å². The van der Waals surface area contributed by atoms with Gasteiger partial charge in [0.2, 0.25) is 0 Å². The predicted molar refractivity (Wildman–Crippen MR) is 379 cm³/mol. The van der Waals surface area contributed by atoms with E-state index in [1.807, 2.05) is 0 Å². The van der Waals surface area contributed by atoms with Crippen LogP contribution in [0.3, 0.4) is 0 Å². The first-order valence-corrected chi connectivity index (χ1v) is 34.5. The number of hydrogen-bond acceptors (Lipinski definition) is 0. The molecule has 0 heterocycles. The van der Waals surface area contributed by atoms with Crippen molar-refractivity contribution in [2.45, 2.75) is 405 Å². The largest absolute Gasteiger partial charge is 0.0776 e. The molecule has 0 spiro atoms. The maximum atomic E-state index is 2.46.